The van der Waals surface area contributed by atoms with Gasteiger partial charge in [-0.15, -0.1) is 0 Å². The summed E-state index contributed by atoms with van der Waals surface area (Å²) in [5.74, 6) is -0.629. The normalized spacial score (nSPS) is 18.7. The number of likely N-dealkylation sites (N-methyl/N-ethyl adjacent to an activating group) is 1. The summed E-state index contributed by atoms with van der Waals surface area (Å²) in [6, 6.07) is 0. The van der Waals surface area contributed by atoms with Crippen LogP contribution in [0.4, 0.5) is 0 Å². The number of carbonyl (C=O) groups is 2. The zero-order valence-corrected chi connectivity index (χ0v) is 11.4. The summed E-state index contributed by atoms with van der Waals surface area (Å²) >= 11 is 0. The lowest BCUT2D eigenvalue weighted by atomic mass is 9.75. The van der Waals surface area contributed by atoms with E-state index in [0.717, 1.165) is 13.0 Å². The lowest BCUT2D eigenvalue weighted by molar-refractivity contribution is -0.154. The molecule has 5 nitrogen and oxygen atoms in total. The van der Waals surface area contributed by atoms with Crippen molar-refractivity contribution < 1.29 is 14.7 Å². The fourth-order valence-corrected chi connectivity index (χ4v) is 2.58. The van der Waals surface area contributed by atoms with E-state index in [9.17, 15) is 14.7 Å². The third-order valence-electron chi connectivity index (χ3n) is 3.78. The van der Waals surface area contributed by atoms with Gasteiger partial charge in [0.2, 0.25) is 5.91 Å². The van der Waals surface area contributed by atoms with Crippen LogP contribution in [-0.4, -0.2) is 48.1 Å². The Kier molecular flexibility index (Phi) is 5.59. The molecule has 1 saturated heterocycles. The van der Waals surface area contributed by atoms with Gasteiger partial charge in [0.05, 0.1) is 12.0 Å². The number of aliphatic carboxylic acids is 1. The van der Waals surface area contributed by atoms with Crippen LogP contribution in [0, 0.1) is 5.41 Å². The van der Waals surface area contributed by atoms with E-state index < -0.39 is 11.4 Å². The third-order valence-corrected chi connectivity index (χ3v) is 3.78. The number of hydrogen-bond donors (Lipinski definition) is 2. The van der Waals surface area contributed by atoms with E-state index in [0.29, 0.717) is 38.9 Å². The number of amides is 1. The number of rotatable bonds is 6. The molecule has 0 aromatic rings. The van der Waals surface area contributed by atoms with E-state index in [-0.39, 0.29) is 5.91 Å². The summed E-state index contributed by atoms with van der Waals surface area (Å²) in [5.41, 5.74) is -0.607. The number of carbonyl (C=O) groups excluding carboxylic acids is 1. The fourth-order valence-electron chi connectivity index (χ4n) is 2.58. The molecule has 1 rings (SSSR count). The maximum atomic E-state index is 11.8. The minimum atomic E-state index is -0.705. The van der Waals surface area contributed by atoms with Gasteiger partial charge in [-0.05, 0) is 25.8 Å². The molecule has 1 amide bonds. The largest absolute Gasteiger partial charge is 0.481 e. The highest BCUT2D eigenvalue weighted by Crippen LogP contribution is 2.36. The lowest BCUT2D eigenvalue weighted by Gasteiger charge is -2.38. The summed E-state index contributed by atoms with van der Waals surface area (Å²) in [7, 11) is 0. The first-order chi connectivity index (χ1) is 8.55. The fraction of sp³-hybridized carbons (Fsp3) is 0.846. The summed E-state index contributed by atoms with van der Waals surface area (Å²) in [5, 5.41) is 12.4. The van der Waals surface area contributed by atoms with Crippen molar-refractivity contribution in [1.82, 2.24) is 10.2 Å². The number of hydrogen-bond acceptors (Lipinski definition) is 3. The number of carboxylic acids is 1. The monoisotopic (exact) mass is 256 g/mol. The van der Waals surface area contributed by atoms with Crippen LogP contribution in [0.3, 0.4) is 0 Å². The predicted molar refractivity (Wildman–Crippen MR) is 69.3 cm³/mol. The van der Waals surface area contributed by atoms with Gasteiger partial charge < -0.3 is 15.3 Å². The van der Waals surface area contributed by atoms with E-state index in [2.05, 4.69) is 5.32 Å². The van der Waals surface area contributed by atoms with Gasteiger partial charge in [-0.3, -0.25) is 9.59 Å². The lowest BCUT2D eigenvalue weighted by Crippen LogP contribution is -2.48. The number of nitrogens with zero attached hydrogens (tertiary/aromatic N) is 1. The summed E-state index contributed by atoms with van der Waals surface area (Å²) in [6.45, 7) is 6.22. The highest BCUT2D eigenvalue weighted by atomic mass is 16.4. The molecule has 1 aliphatic rings. The van der Waals surface area contributed by atoms with Gasteiger partial charge in [0, 0.05) is 13.1 Å². The molecule has 0 spiro atoms. The maximum Gasteiger partial charge on any atom is 0.309 e. The molecule has 0 radical (unpaired) electrons. The van der Waals surface area contributed by atoms with Crippen molar-refractivity contribution in [1.29, 1.82) is 0 Å². The minimum absolute atomic E-state index is 0.0762. The van der Waals surface area contributed by atoms with Gasteiger partial charge in [-0.25, -0.2) is 0 Å². The first kappa shape index (κ1) is 15.0. The van der Waals surface area contributed by atoms with Gasteiger partial charge >= 0.3 is 5.97 Å². The highest BCUT2D eigenvalue weighted by Gasteiger charge is 2.41. The molecule has 0 bridgehead atoms. The Hall–Kier alpha value is -1.10. The molecule has 1 aliphatic heterocycles. The van der Waals surface area contributed by atoms with Gasteiger partial charge in [-0.1, -0.05) is 20.3 Å². The van der Waals surface area contributed by atoms with E-state index >= 15 is 0 Å². The van der Waals surface area contributed by atoms with Crippen LogP contribution in [0.1, 0.15) is 39.5 Å². The average molecular weight is 256 g/mol. The second-order valence-electron chi connectivity index (χ2n) is 5.00. The number of nitrogens with one attached hydrogen (secondary N) is 1. The van der Waals surface area contributed by atoms with Crippen LogP contribution in [0.5, 0.6) is 0 Å². The SMILES string of the molecule is CCCC1(C(=O)O)CCN(C(=O)CNCC)CC1. The van der Waals surface area contributed by atoms with Crippen LogP contribution in [0.2, 0.25) is 0 Å². The van der Waals surface area contributed by atoms with Gasteiger partial charge in [0.25, 0.3) is 0 Å². The van der Waals surface area contributed by atoms with Crippen molar-refractivity contribution in [3.8, 4) is 0 Å². The number of carboxylic acid groups (broad SMARTS) is 1. The quantitative estimate of drug-likeness (QED) is 0.746. The zero-order valence-electron chi connectivity index (χ0n) is 11.4. The van der Waals surface area contributed by atoms with E-state index in [4.69, 9.17) is 0 Å². The Morgan fingerprint density at radius 3 is 2.33 bits per heavy atom. The molecule has 0 aromatic heterocycles. The molecule has 0 aromatic carbocycles. The van der Waals surface area contributed by atoms with E-state index in [1.165, 1.54) is 0 Å². The van der Waals surface area contributed by atoms with E-state index in [1.54, 1.807) is 4.90 Å². The Morgan fingerprint density at radius 2 is 1.89 bits per heavy atom. The van der Waals surface area contributed by atoms with Crippen molar-refractivity contribution in [3.63, 3.8) is 0 Å². The van der Waals surface area contributed by atoms with Crippen molar-refractivity contribution in [2.24, 2.45) is 5.41 Å². The molecule has 2 N–H and O–H groups in total. The van der Waals surface area contributed by atoms with Crippen molar-refractivity contribution in [3.05, 3.63) is 0 Å². The Balaban J connectivity index is 2.52. The average Bonchev–Trinajstić information content (AvgIpc) is 2.37. The van der Waals surface area contributed by atoms with Crippen LogP contribution in [-0.2, 0) is 9.59 Å². The Labute approximate surface area is 109 Å². The van der Waals surface area contributed by atoms with Crippen molar-refractivity contribution >= 4 is 11.9 Å². The molecule has 0 atom stereocenters. The molecule has 1 heterocycles. The van der Waals surface area contributed by atoms with Crippen molar-refractivity contribution in [2.45, 2.75) is 39.5 Å². The number of piperidine rings is 1. The van der Waals surface area contributed by atoms with Crippen LogP contribution in [0.25, 0.3) is 0 Å². The van der Waals surface area contributed by atoms with E-state index in [1.807, 2.05) is 13.8 Å². The van der Waals surface area contributed by atoms with Gasteiger partial charge in [-0.2, -0.15) is 0 Å². The third kappa shape index (κ3) is 3.45. The smallest absolute Gasteiger partial charge is 0.309 e. The standard InChI is InChI=1S/C13H24N2O3/c1-3-5-13(12(17)18)6-8-15(9-7-13)11(16)10-14-4-2/h14H,3-10H2,1-2H3,(H,17,18). The second-order valence-corrected chi connectivity index (χ2v) is 5.00. The maximum absolute atomic E-state index is 11.8. The second kappa shape index (κ2) is 6.73. The molecular formula is C13H24N2O3. The summed E-state index contributed by atoms with van der Waals surface area (Å²) < 4.78 is 0. The van der Waals surface area contributed by atoms with Gasteiger partial charge in [0.1, 0.15) is 0 Å². The molecule has 104 valence electrons. The molecule has 0 saturated carbocycles. The molecule has 1 fully saturated rings. The number of likely N-dealkylation sites (tertiary alicyclic amines) is 1. The van der Waals surface area contributed by atoms with Crippen LogP contribution < -0.4 is 5.32 Å². The molecule has 5 heteroatoms. The van der Waals surface area contributed by atoms with Crippen LogP contribution >= 0.6 is 0 Å². The Morgan fingerprint density at radius 1 is 1.28 bits per heavy atom. The molecule has 0 aliphatic carbocycles. The minimum Gasteiger partial charge on any atom is -0.481 e. The highest BCUT2D eigenvalue weighted by molar-refractivity contribution is 5.79. The Bertz CT molecular complexity index is 297. The topological polar surface area (TPSA) is 69.6 Å². The predicted octanol–water partition coefficient (Wildman–Crippen LogP) is 1.09. The molecular weight excluding hydrogens is 232 g/mol. The van der Waals surface area contributed by atoms with Gasteiger partial charge in [0.15, 0.2) is 0 Å². The molecule has 18 heavy (non-hydrogen) atoms. The first-order valence-corrected chi connectivity index (χ1v) is 6.77. The zero-order chi connectivity index (χ0) is 13.6. The first-order valence-electron chi connectivity index (χ1n) is 6.77. The summed E-state index contributed by atoms with van der Waals surface area (Å²) in [4.78, 5) is 25.0. The van der Waals surface area contributed by atoms with Crippen molar-refractivity contribution in [2.75, 3.05) is 26.2 Å². The molecule has 0 unspecified atom stereocenters. The summed E-state index contributed by atoms with van der Waals surface area (Å²) in [6.07, 6.45) is 2.73. The van der Waals surface area contributed by atoms with Crippen LogP contribution in [0.15, 0.2) is 0 Å².